The summed E-state index contributed by atoms with van der Waals surface area (Å²) in [5.74, 6) is -2.05. The molecule has 0 aliphatic rings. The maximum absolute atomic E-state index is 13.2. The number of ketones is 1. The summed E-state index contributed by atoms with van der Waals surface area (Å²) in [6.07, 6.45) is 2.80. The van der Waals surface area contributed by atoms with Crippen molar-refractivity contribution in [2.75, 3.05) is 13.6 Å². The van der Waals surface area contributed by atoms with E-state index in [1.807, 2.05) is 0 Å². The zero-order chi connectivity index (χ0) is 20.2. The fraction of sp³-hybridized carbons (Fsp3) is 0.111. The molecule has 0 bridgehead atoms. The van der Waals surface area contributed by atoms with Gasteiger partial charge in [-0.3, -0.25) is 9.59 Å². The number of carboxylic acids is 1. The minimum atomic E-state index is -3.96. The first-order valence-electron chi connectivity index (χ1n) is 7.57. The van der Waals surface area contributed by atoms with Crippen molar-refractivity contribution in [1.82, 2.24) is 4.31 Å². The summed E-state index contributed by atoms with van der Waals surface area (Å²) < 4.78 is 38.7. The molecule has 0 aliphatic heterocycles. The van der Waals surface area contributed by atoms with E-state index in [0.29, 0.717) is 9.87 Å². The van der Waals surface area contributed by atoms with Crippen LogP contribution >= 0.6 is 15.9 Å². The van der Waals surface area contributed by atoms with Crippen LogP contribution in [0.15, 0.2) is 57.9 Å². The van der Waals surface area contributed by atoms with Crippen LogP contribution in [0.2, 0.25) is 0 Å². The topological polar surface area (TPSA) is 91.8 Å². The van der Waals surface area contributed by atoms with Gasteiger partial charge >= 0.3 is 5.97 Å². The molecule has 0 radical (unpaired) electrons. The molecule has 0 atom stereocenters. The van der Waals surface area contributed by atoms with Crippen LogP contribution in [0.5, 0.6) is 0 Å². The van der Waals surface area contributed by atoms with E-state index >= 15 is 0 Å². The molecule has 0 spiro atoms. The van der Waals surface area contributed by atoms with Crippen LogP contribution in [0.4, 0.5) is 4.39 Å². The van der Waals surface area contributed by atoms with Gasteiger partial charge in [0, 0.05) is 12.6 Å². The standard InChI is InChI=1S/C18H15BrFNO5S/c1-21(11-18(23)24)27(25,26)14-6-4-13(5-7-14)17(22)9-3-12-2-8-16(20)15(19)10-12/h2-10H,11H2,1H3,(H,23,24)/b9-3+. The summed E-state index contributed by atoms with van der Waals surface area (Å²) in [4.78, 5) is 22.8. The molecule has 0 unspecified atom stereocenters. The monoisotopic (exact) mass is 455 g/mol. The highest BCUT2D eigenvalue weighted by molar-refractivity contribution is 9.10. The molecule has 6 nitrogen and oxygen atoms in total. The number of allylic oxidation sites excluding steroid dienone is 1. The first kappa shape index (κ1) is 20.9. The summed E-state index contributed by atoms with van der Waals surface area (Å²) in [6.45, 7) is -0.668. The highest BCUT2D eigenvalue weighted by atomic mass is 79.9. The summed E-state index contributed by atoms with van der Waals surface area (Å²) in [7, 11) is -2.80. The number of carbonyl (C=O) groups is 2. The number of carboxylic acid groups (broad SMARTS) is 1. The molecular formula is C18H15BrFNO5S. The maximum Gasteiger partial charge on any atom is 0.318 e. The van der Waals surface area contributed by atoms with Crippen molar-refractivity contribution in [3.63, 3.8) is 0 Å². The predicted molar refractivity (Wildman–Crippen MR) is 101 cm³/mol. The number of benzene rings is 2. The third kappa shape index (κ3) is 5.31. The van der Waals surface area contributed by atoms with Gasteiger partial charge in [-0.05, 0) is 64.0 Å². The fourth-order valence-corrected chi connectivity index (χ4v) is 3.65. The molecule has 0 fully saturated rings. The Labute approximate surface area is 164 Å². The molecule has 2 aromatic rings. The van der Waals surface area contributed by atoms with E-state index in [0.717, 1.165) is 7.05 Å². The van der Waals surface area contributed by atoms with Crippen molar-refractivity contribution in [3.8, 4) is 0 Å². The maximum atomic E-state index is 13.2. The normalized spacial score (nSPS) is 11.9. The summed E-state index contributed by atoms with van der Waals surface area (Å²) in [5, 5.41) is 8.71. The lowest BCUT2D eigenvalue weighted by atomic mass is 10.1. The molecule has 142 valence electrons. The van der Waals surface area contributed by atoms with Crippen molar-refractivity contribution in [1.29, 1.82) is 0 Å². The number of halogens is 2. The molecule has 0 saturated heterocycles. The van der Waals surface area contributed by atoms with E-state index in [9.17, 15) is 22.4 Å². The van der Waals surface area contributed by atoms with Gasteiger partial charge in [0.2, 0.25) is 10.0 Å². The highest BCUT2D eigenvalue weighted by Crippen LogP contribution is 2.19. The van der Waals surface area contributed by atoms with Gasteiger partial charge in [0.15, 0.2) is 5.78 Å². The van der Waals surface area contributed by atoms with Gasteiger partial charge in [-0.2, -0.15) is 4.31 Å². The van der Waals surface area contributed by atoms with Crippen LogP contribution in [0.25, 0.3) is 6.08 Å². The summed E-state index contributed by atoms with van der Waals surface area (Å²) in [6, 6.07) is 9.46. The van der Waals surface area contributed by atoms with Crippen LogP contribution in [0.3, 0.4) is 0 Å². The Morgan fingerprint density at radius 2 is 1.81 bits per heavy atom. The van der Waals surface area contributed by atoms with Crippen molar-refractivity contribution >= 4 is 43.8 Å². The molecule has 0 aromatic heterocycles. The molecule has 1 N–H and O–H groups in total. The molecule has 27 heavy (non-hydrogen) atoms. The number of likely N-dealkylation sites (N-methyl/N-ethyl adjacent to an activating group) is 1. The molecule has 0 aliphatic carbocycles. The van der Waals surface area contributed by atoms with Crippen LogP contribution < -0.4 is 0 Å². The fourth-order valence-electron chi connectivity index (χ4n) is 2.13. The first-order chi connectivity index (χ1) is 12.6. The Kier molecular flexibility index (Phi) is 6.63. The van der Waals surface area contributed by atoms with E-state index in [2.05, 4.69) is 15.9 Å². The third-order valence-electron chi connectivity index (χ3n) is 3.58. The smallest absolute Gasteiger partial charge is 0.318 e. The first-order valence-corrected chi connectivity index (χ1v) is 9.80. The van der Waals surface area contributed by atoms with Gasteiger partial charge in [-0.15, -0.1) is 0 Å². The third-order valence-corrected chi connectivity index (χ3v) is 6.00. The number of aliphatic carboxylic acids is 1. The van der Waals surface area contributed by atoms with Crippen LogP contribution in [-0.2, 0) is 14.8 Å². The molecule has 9 heteroatoms. The lowest BCUT2D eigenvalue weighted by Crippen LogP contribution is -2.32. The molecule has 2 aromatic carbocycles. The van der Waals surface area contributed by atoms with E-state index in [1.54, 1.807) is 0 Å². The zero-order valence-corrected chi connectivity index (χ0v) is 16.5. The van der Waals surface area contributed by atoms with E-state index in [-0.39, 0.29) is 20.7 Å². The number of rotatable bonds is 7. The summed E-state index contributed by atoms with van der Waals surface area (Å²) >= 11 is 3.06. The highest BCUT2D eigenvalue weighted by Gasteiger charge is 2.22. The number of sulfonamides is 1. The van der Waals surface area contributed by atoms with Crippen molar-refractivity contribution in [3.05, 3.63) is 70.0 Å². The second-order valence-electron chi connectivity index (χ2n) is 5.55. The van der Waals surface area contributed by atoms with Gasteiger partial charge in [-0.25, -0.2) is 12.8 Å². The van der Waals surface area contributed by atoms with E-state index in [4.69, 9.17) is 5.11 Å². The quantitative estimate of drug-likeness (QED) is 0.511. The number of carbonyl (C=O) groups excluding carboxylic acids is 1. The number of nitrogens with zero attached hydrogens (tertiary/aromatic N) is 1. The Bertz CT molecular complexity index is 1000. The Balaban J connectivity index is 2.16. The van der Waals surface area contributed by atoms with E-state index < -0.39 is 28.4 Å². The minimum Gasteiger partial charge on any atom is -0.480 e. The van der Waals surface area contributed by atoms with Crippen molar-refractivity contribution in [2.24, 2.45) is 0 Å². The summed E-state index contributed by atoms with van der Waals surface area (Å²) in [5.41, 5.74) is 0.874. The van der Waals surface area contributed by atoms with Gasteiger partial charge in [0.1, 0.15) is 12.4 Å². The molecule has 0 amide bonds. The molecule has 0 heterocycles. The average molecular weight is 456 g/mol. The van der Waals surface area contributed by atoms with Crippen LogP contribution in [0.1, 0.15) is 15.9 Å². The Hall–Kier alpha value is -2.36. The number of hydrogen-bond acceptors (Lipinski definition) is 4. The zero-order valence-electron chi connectivity index (χ0n) is 14.1. The van der Waals surface area contributed by atoms with E-state index in [1.165, 1.54) is 54.6 Å². The van der Waals surface area contributed by atoms with Gasteiger partial charge in [-0.1, -0.05) is 12.1 Å². The Morgan fingerprint density at radius 1 is 1.19 bits per heavy atom. The second-order valence-corrected chi connectivity index (χ2v) is 8.45. The van der Waals surface area contributed by atoms with Gasteiger partial charge < -0.3 is 5.11 Å². The predicted octanol–water partition coefficient (Wildman–Crippen LogP) is 3.19. The van der Waals surface area contributed by atoms with Crippen LogP contribution in [-0.4, -0.2) is 43.2 Å². The van der Waals surface area contributed by atoms with Crippen molar-refractivity contribution < 1.29 is 27.5 Å². The van der Waals surface area contributed by atoms with Crippen molar-refractivity contribution in [2.45, 2.75) is 4.90 Å². The largest absolute Gasteiger partial charge is 0.480 e. The lowest BCUT2D eigenvalue weighted by Gasteiger charge is -2.14. The SMILES string of the molecule is CN(CC(=O)O)S(=O)(=O)c1ccc(C(=O)/C=C/c2ccc(F)c(Br)c2)cc1. The minimum absolute atomic E-state index is 0.116. The second kappa shape index (κ2) is 8.55. The lowest BCUT2D eigenvalue weighted by molar-refractivity contribution is -0.137. The molecule has 2 rings (SSSR count). The Morgan fingerprint density at radius 3 is 2.37 bits per heavy atom. The average Bonchev–Trinajstić information content (AvgIpc) is 2.62. The number of hydrogen-bond donors (Lipinski definition) is 1. The van der Waals surface area contributed by atoms with Crippen LogP contribution in [0, 0.1) is 5.82 Å². The molecular weight excluding hydrogens is 441 g/mol. The molecule has 0 saturated carbocycles. The van der Waals surface area contributed by atoms with Gasteiger partial charge in [0.05, 0.1) is 9.37 Å². The van der Waals surface area contributed by atoms with Gasteiger partial charge in [0.25, 0.3) is 0 Å².